The number of phenolic OH excluding ortho intramolecular Hbond substituents is 1. The fourth-order valence-electron chi connectivity index (χ4n) is 1.90. The predicted molar refractivity (Wildman–Crippen MR) is 88.4 cm³/mol. The molecular weight excluding hydrogens is 266 g/mol. The number of aromatic hydroxyl groups is 1. The average Bonchev–Trinajstić information content (AvgIpc) is 2.90. The molecule has 0 aliphatic carbocycles. The molecule has 0 radical (unpaired) electrons. The average molecular weight is 293 g/mol. The standard InChI is InChI=1S/C12H15N3O2.2C2H6/c1-14-11(12(13)17)4-7-6-15-10-3-2-8(16)5-9(7)10;2*1-2/h2-3,5-6,11,14-16H,4H2,1H3,(H2,13,17);2*1-2H3/t11-;;/m0../s1. The van der Waals surface area contributed by atoms with E-state index in [1.807, 2.05) is 33.9 Å². The highest BCUT2D eigenvalue weighted by atomic mass is 16.3. The SMILES string of the molecule is CC.CC.CN[C@@H](Cc1c[nH]c2ccc(O)cc12)C(N)=O. The number of amides is 1. The van der Waals surface area contributed by atoms with Crippen LogP contribution in [0.15, 0.2) is 24.4 Å². The minimum Gasteiger partial charge on any atom is -0.508 e. The minimum atomic E-state index is -0.406. The van der Waals surface area contributed by atoms with Crippen molar-refractivity contribution in [3.63, 3.8) is 0 Å². The van der Waals surface area contributed by atoms with E-state index >= 15 is 0 Å². The first-order chi connectivity index (χ1) is 10.1. The molecule has 1 aromatic carbocycles. The summed E-state index contributed by atoms with van der Waals surface area (Å²) < 4.78 is 0. The Hall–Kier alpha value is -2.01. The maximum Gasteiger partial charge on any atom is 0.234 e. The highest BCUT2D eigenvalue weighted by Gasteiger charge is 2.15. The van der Waals surface area contributed by atoms with E-state index in [1.54, 1.807) is 25.2 Å². The number of aromatic amines is 1. The van der Waals surface area contributed by atoms with Crippen LogP contribution in [0.4, 0.5) is 0 Å². The molecule has 0 bridgehead atoms. The van der Waals surface area contributed by atoms with Crippen LogP contribution >= 0.6 is 0 Å². The fraction of sp³-hybridized carbons (Fsp3) is 0.438. The van der Waals surface area contributed by atoms with Gasteiger partial charge in [0.25, 0.3) is 0 Å². The second-order valence-corrected chi connectivity index (χ2v) is 3.99. The summed E-state index contributed by atoms with van der Waals surface area (Å²) in [6.45, 7) is 8.00. The molecule has 0 unspecified atom stereocenters. The second kappa shape index (κ2) is 9.83. The molecule has 0 spiro atoms. The molecule has 2 rings (SSSR count). The molecule has 2 aromatic rings. The van der Waals surface area contributed by atoms with Crippen LogP contribution in [0.25, 0.3) is 10.9 Å². The van der Waals surface area contributed by atoms with Crippen molar-refractivity contribution in [2.24, 2.45) is 5.73 Å². The first-order valence-electron chi connectivity index (χ1n) is 7.37. The Labute approximate surface area is 126 Å². The zero-order valence-corrected chi connectivity index (χ0v) is 13.5. The molecule has 118 valence electrons. The van der Waals surface area contributed by atoms with Gasteiger partial charge in [-0.25, -0.2) is 0 Å². The lowest BCUT2D eigenvalue weighted by Gasteiger charge is -2.11. The Bertz CT molecular complexity index is 549. The normalized spacial score (nSPS) is 10.9. The van der Waals surface area contributed by atoms with Crippen LogP contribution in [-0.2, 0) is 11.2 Å². The van der Waals surface area contributed by atoms with Crippen LogP contribution in [0.2, 0.25) is 0 Å². The third-order valence-electron chi connectivity index (χ3n) is 2.87. The molecular formula is C16H27N3O2. The third-order valence-corrected chi connectivity index (χ3v) is 2.87. The summed E-state index contributed by atoms with van der Waals surface area (Å²) in [5, 5.41) is 13.2. The van der Waals surface area contributed by atoms with E-state index in [0.29, 0.717) is 6.42 Å². The molecule has 5 heteroatoms. The number of H-pyrrole nitrogens is 1. The number of benzene rings is 1. The highest BCUT2D eigenvalue weighted by molar-refractivity contribution is 5.86. The summed E-state index contributed by atoms with van der Waals surface area (Å²) in [7, 11) is 1.70. The van der Waals surface area contributed by atoms with Crippen molar-refractivity contribution < 1.29 is 9.90 Å². The molecule has 5 N–H and O–H groups in total. The molecule has 5 nitrogen and oxygen atoms in total. The van der Waals surface area contributed by atoms with Crippen LogP contribution in [0, 0.1) is 0 Å². The Balaban J connectivity index is 0.000000921. The Morgan fingerprint density at radius 3 is 2.48 bits per heavy atom. The van der Waals surface area contributed by atoms with Gasteiger partial charge in [-0.3, -0.25) is 4.79 Å². The number of carbonyl (C=O) groups excluding carboxylic acids is 1. The van der Waals surface area contributed by atoms with E-state index in [1.165, 1.54) is 0 Å². The van der Waals surface area contributed by atoms with Gasteiger partial charge in [0, 0.05) is 17.1 Å². The van der Waals surface area contributed by atoms with Crippen LogP contribution in [-0.4, -0.2) is 29.1 Å². The van der Waals surface area contributed by atoms with E-state index < -0.39 is 6.04 Å². The number of rotatable bonds is 4. The highest BCUT2D eigenvalue weighted by Crippen LogP contribution is 2.23. The summed E-state index contributed by atoms with van der Waals surface area (Å²) in [6, 6.07) is 4.69. The van der Waals surface area contributed by atoms with Crippen molar-refractivity contribution >= 4 is 16.8 Å². The fourth-order valence-corrected chi connectivity index (χ4v) is 1.90. The van der Waals surface area contributed by atoms with E-state index in [0.717, 1.165) is 16.5 Å². The largest absolute Gasteiger partial charge is 0.508 e. The van der Waals surface area contributed by atoms with E-state index in [2.05, 4.69) is 10.3 Å². The van der Waals surface area contributed by atoms with Gasteiger partial charge in [0.2, 0.25) is 5.91 Å². The third kappa shape index (κ3) is 5.11. The molecule has 1 aromatic heterocycles. The number of carbonyl (C=O) groups is 1. The number of phenols is 1. The van der Waals surface area contributed by atoms with Gasteiger partial charge < -0.3 is 21.1 Å². The monoisotopic (exact) mass is 293 g/mol. The number of hydrogen-bond donors (Lipinski definition) is 4. The number of nitrogens with one attached hydrogen (secondary N) is 2. The van der Waals surface area contributed by atoms with Gasteiger partial charge >= 0.3 is 0 Å². The van der Waals surface area contributed by atoms with Crippen LogP contribution in [0.3, 0.4) is 0 Å². The topological polar surface area (TPSA) is 91.1 Å². The molecule has 1 amide bonds. The number of primary amides is 1. The van der Waals surface area contributed by atoms with Gasteiger partial charge in [0.1, 0.15) is 5.75 Å². The molecule has 0 saturated heterocycles. The van der Waals surface area contributed by atoms with Gasteiger partial charge in [0.15, 0.2) is 0 Å². The quantitative estimate of drug-likeness (QED) is 0.698. The summed E-state index contributed by atoms with van der Waals surface area (Å²) in [5.41, 5.74) is 7.16. The zero-order chi connectivity index (χ0) is 16.4. The lowest BCUT2D eigenvalue weighted by Crippen LogP contribution is -2.40. The number of aromatic nitrogens is 1. The minimum absolute atomic E-state index is 0.207. The lowest BCUT2D eigenvalue weighted by atomic mass is 10.0. The molecule has 0 aliphatic rings. The van der Waals surface area contributed by atoms with E-state index in [4.69, 9.17) is 5.73 Å². The molecule has 21 heavy (non-hydrogen) atoms. The van der Waals surface area contributed by atoms with Crippen molar-refractivity contribution in [3.05, 3.63) is 30.0 Å². The Morgan fingerprint density at radius 1 is 1.33 bits per heavy atom. The van der Waals surface area contributed by atoms with Crippen molar-refractivity contribution in [1.82, 2.24) is 10.3 Å². The predicted octanol–water partition coefficient (Wildman–Crippen LogP) is 2.54. The second-order valence-electron chi connectivity index (χ2n) is 3.99. The zero-order valence-electron chi connectivity index (χ0n) is 13.5. The maximum absolute atomic E-state index is 11.2. The number of hydrogen-bond acceptors (Lipinski definition) is 3. The molecule has 0 saturated carbocycles. The van der Waals surface area contributed by atoms with Gasteiger partial charge in [-0.2, -0.15) is 0 Å². The first-order valence-corrected chi connectivity index (χ1v) is 7.37. The number of fused-ring (bicyclic) bond motifs is 1. The number of likely N-dealkylation sites (N-methyl/N-ethyl adjacent to an activating group) is 1. The summed E-state index contributed by atoms with van der Waals surface area (Å²) in [6.07, 6.45) is 2.33. The van der Waals surface area contributed by atoms with Gasteiger partial charge in [-0.1, -0.05) is 27.7 Å². The molecule has 1 atom stereocenters. The Kier molecular flexibility index (Phi) is 8.88. The van der Waals surface area contributed by atoms with Crippen molar-refractivity contribution in [2.45, 2.75) is 40.2 Å². The first kappa shape index (κ1) is 19.0. The van der Waals surface area contributed by atoms with Crippen LogP contribution in [0.5, 0.6) is 5.75 Å². The van der Waals surface area contributed by atoms with Gasteiger partial charge in [0.05, 0.1) is 6.04 Å². The van der Waals surface area contributed by atoms with Crippen LogP contribution < -0.4 is 11.1 Å². The smallest absolute Gasteiger partial charge is 0.234 e. The van der Waals surface area contributed by atoms with Crippen LogP contribution in [0.1, 0.15) is 33.3 Å². The van der Waals surface area contributed by atoms with Gasteiger partial charge in [-0.05, 0) is 37.2 Å². The molecule has 1 heterocycles. The lowest BCUT2D eigenvalue weighted by molar-refractivity contribution is -0.119. The van der Waals surface area contributed by atoms with Crippen molar-refractivity contribution in [3.8, 4) is 5.75 Å². The maximum atomic E-state index is 11.2. The van der Waals surface area contributed by atoms with Gasteiger partial charge in [-0.15, -0.1) is 0 Å². The Morgan fingerprint density at radius 2 is 1.95 bits per heavy atom. The summed E-state index contributed by atoms with van der Waals surface area (Å²) in [5.74, 6) is -0.180. The number of nitrogens with two attached hydrogens (primary N) is 1. The molecule has 0 fully saturated rings. The van der Waals surface area contributed by atoms with Crippen molar-refractivity contribution in [1.29, 1.82) is 0 Å². The molecule has 0 aliphatic heterocycles. The summed E-state index contributed by atoms with van der Waals surface area (Å²) in [4.78, 5) is 14.3. The summed E-state index contributed by atoms with van der Waals surface area (Å²) >= 11 is 0. The van der Waals surface area contributed by atoms with E-state index in [-0.39, 0.29) is 11.7 Å². The van der Waals surface area contributed by atoms with E-state index in [9.17, 15) is 9.90 Å². The van der Waals surface area contributed by atoms with Crippen molar-refractivity contribution in [2.75, 3.05) is 7.05 Å².